The molecular weight excluding hydrogens is 338 g/mol. The lowest BCUT2D eigenvalue weighted by atomic mass is 10.1. The largest absolute Gasteiger partial charge is 0.398 e. The minimum absolute atomic E-state index is 0.448. The van der Waals surface area contributed by atoms with Gasteiger partial charge in [0.1, 0.15) is 6.73 Å². The number of benzene rings is 2. The normalized spacial score (nSPS) is 12.3. The van der Waals surface area contributed by atoms with E-state index in [0.29, 0.717) is 6.73 Å². The van der Waals surface area contributed by atoms with Crippen LogP contribution in [0.25, 0.3) is 23.1 Å². The van der Waals surface area contributed by atoms with Gasteiger partial charge in [0, 0.05) is 20.4 Å². The lowest BCUT2D eigenvalue weighted by Gasteiger charge is -2.15. The van der Waals surface area contributed by atoms with Gasteiger partial charge in [0.05, 0.1) is 16.6 Å². The van der Waals surface area contributed by atoms with Gasteiger partial charge in [-0.3, -0.25) is 0 Å². The highest BCUT2D eigenvalue weighted by molar-refractivity contribution is 6.76. The molecule has 0 amide bonds. The summed E-state index contributed by atoms with van der Waals surface area (Å²) in [7, 11) is -1.09. The lowest BCUT2D eigenvalue weighted by molar-refractivity contribution is 0.0816. The van der Waals surface area contributed by atoms with Crippen LogP contribution in [0.2, 0.25) is 25.7 Å². The molecule has 0 aliphatic rings. The maximum atomic E-state index is 6.23. The van der Waals surface area contributed by atoms with Crippen molar-refractivity contribution in [2.24, 2.45) is 0 Å². The predicted octanol–water partition coefficient (Wildman–Crippen LogP) is 5.10. The molecular formula is C21H27N3OSi. The van der Waals surface area contributed by atoms with Crippen molar-refractivity contribution in [3.8, 4) is 0 Å². The number of nitrogens with two attached hydrogens (primary N) is 1. The maximum Gasteiger partial charge on any atom is 0.140 e. The summed E-state index contributed by atoms with van der Waals surface area (Å²) in [5.74, 6) is 0. The Morgan fingerprint density at radius 3 is 2.54 bits per heavy atom. The molecule has 0 aliphatic heterocycles. The monoisotopic (exact) mass is 365 g/mol. The van der Waals surface area contributed by atoms with Crippen molar-refractivity contribution in [2.45, 2.75) is 32.4 Å². The summed E-state index contributed by atoms with van der Waals surface area (Å²) in [6, 6.07) is 17.3. The molecule has 26 heavy (non-hydrogen) atoms. The molecule has 0 fully saturated rings. The molecule has 3 aromatic rings. The Bertz CT molecular complexity index is 895. The van der Waals surface area contributed by atoms with E-state index in [9.17, 15) is 0 Å². The van der Waals surface area contributed by atoms with E-state index < -0.39 is 8.07 Å². The minimum Gasteiger partial charge on any atom is -0.398 e. The number of anilines is 1. The zero-order valence-corrected chi connectivity index (χ0v) is 16.8. The van der Waals surface area contributed by atoms with Gasteiger partial charge in [-0.05, 0) is 29.8 Å². The quantitative estimate of drug-likeness (QED) is 0.360. The van der Waals surface area contributed by atoms with Crippen molar-refractivity contribution < 1.29 is 4.74 Å². The molecule has 3 rings (SSSR count). The standard InChI is InChI=1S/C21H27N3OSi/c1-26(2,3)15-14-25-16-24-20-11-7-10-18(22)21(20)19(23-24)13-12-17-8-5-4-6-9-17/h4-13H,14-16,22H2,1-3H3. The molecule has 0 radical (unpaired) electrons. The van der Waals surface area contributed by atoms with Crippen LogP contribution in [0.3, 0.4) is 0 Å². The van der Waals surface area contributed by atoms with Gasteiger partial charge in [0.25, 0.3) is 0 Å². The van der Waals surface area contributed by atoms with Crippen LogP contribution in [0, 0.1) is 0 Å². The summed E-state index contributed by atoms with van der Waals surface area (Å²) < 4.78 is 7.79. The third kappa shape index (κ3) is 4.62. The number of hydrogen-bond donors (Lipinski definition) is 1. The van der Waals surface area contributed by atoms with Crippen LogP contribution in [-0.2, 0) is 11.5 Å². The Morgan fingerprint density at radius 1 is 1.04 bits per heavy atom. The predicted molar refractivity (Wildman–Crippen MR) is 114 cm³/mol. The number of fused-ring (bicyclic) bond motifs is 1. The highest BCUT2D eigenvalue weighted by Gasteiger charge is 2.14. The molecule has 5 heteroatoms. The van der Waals surface area contributed by atoms with E-state index in [1.807, 2.05) is 47.2 Å². The van der Waals surface area contributed by atoms with E-state index in [1.54, 1.807) is 0 Å². The van der Waals surface area contributed by atoms with E-state index in [-0.39, 0.29) is 0 Å². The maximum absolute atomic E-state index is 6.23. The van der Waals surface area contributed by atoms with Crippen molar-refractivity contribution in [3.63, 3.8) is 0 Å². The van der Waals surface area contributed by atoms with Crippen molar-refractivity contribution in [1.82, 2.24) is 9.78 Å². The van der Waals surface area contributed by atoms with Gasteiger partial charge in [-0.15, -0.1) is 0 Å². The number of nitrogens with zero attached hydrogens (tertiary/aromatic N) is 2. The summed E-state index contributed by atoms with van der Waals surface area (Å²) in [6.45, 7) is 8.28. The number of rotatable bonds is 7. The minimum atomic E-state index is -1.09. The van der Waals surface area contributed by atoms with Gasteiger partial charge >= 0.3 is 0 Å². The molecule has 0 saturated carbocycles. The molecule has 2 aromatic carbocycles. The fraction of sp³-hybridized carbons (Fsp3) is 0.286. The number of aromatic nitrogens is 2. The van der Waals surface area contributed by atoms with Gasteiger partial charge in [-0.1, -0.05) is 62.1 Å². The van der Waals surface area contributed by atoms with Gasteiger partial charge in [-0.2, -0.15) is 5.10 Å². The van der Waals surface area contributed by atoms with Gasteiger partial charge in [0.15, 0.2) is 0 Å². The highest BCUT2D eigenvalue weighted by Crippen LogP contribution is 2.26. The van der Waals surface area contributed by atoms with Crippen LogP contribution in [0.1, 0.15) is 11.3 Å². The third-order valence-corrected chi connectivity index (χ3v) is 5.98. The summed E-state index contributed by atoms with van der Waals surface area (Å²) in [6.07, 6.45) is 4.08. The SMILES string of the molecule is C[Si](C)(C)CCOCn1nc(C=Cc2ccccc2)c2c(N)cccc21. The van der Waals surface area contributed by atoms with E-state index in [1.165, 1.54) is 0 Å². The van der Waals surface area contributed by atoms with Crippen molar-refractivity contribution in [2.75, 3.05) is 12.3 Å². The van der Waals surface area contributed by atoms with Crippen LogP contribution in [-0.4, -0.2) is 24.5 Å². The molecule has 0 atom stereocenters. The second kappa shape index (κ2) is 7.89. The average Bonchev–Trinajstić information content (AvgIpc) is 2.96. The van der Waals surface area contributed by atoms with Crippen LogP contribution < -0.4 is 5.73 Å². The Morgan fingerprint density at radius 2 is 1.81 bits per heavy atom. The van der Waals surface area contributed by atoms with Gasteiger partial charge < -0.3 is 10.5 Å². The Hall–Kier alpha value is -2.37. The summed E-state index contributed by atoms with van der Waals surface area (Å²) in [4.78, 5) is 0. The van der Waals surface area contributed by atoms with Gasteiger partial charge in [-0.25, -0.2) is 4.68 Å². The molecule has 0 bridgehead atoms. The zero-order chi connectivity index (χ0) is 18.6. The van der Waals surface area contributed by atoms with E-state index in [4.69, 9.17) is 15.6 Å². The first kappa shape index (κ1) is 18.4. The Balaban J connectivity index is 1.84. The molecule has 0 aliphatic carbocycles. The van der Waals surface area contributed by atoms with E-state index in [2.05, 4.69) is 37.8 Å². The summed E-state index contributed by atoms with van der Waals surface area (Å²) in [5.41, 5.74) is 9.98. The Labute approximate surface area is 156 Å². The van der Waals surface area contributed by atoms with E-state index >= 15 is 0 Å². The fourth-order valence-electron chi connectivity index (χ4n) is 2.77. The highest BCUT2D eigenvalue weighted by atomic mass is 28.3. The molecule has 1 aromatic heterocycles. The van der Waals surface area contributed by atoms with Crippen LogP contribution in [0.15, 0.2) is 48.5 Å². The second-order valence-electron chi connectivity index (χ2n) is 7.72. The summed E-state index contributed by atoms with van der Waals surface area (Å²) in [5, 5.41) is 5.72. The van der Waals surface area contributed by atoms with Crippen molar-refractivity contribution in [1.29, 1.82) is 0 Å². The fourth-order valence-corrected chi connectivity index (χ4v) is 3.53. The topological polar surface area (TPSA) is 53.1 Å². The first-order valence-corrected chi connectivity index (χ1v) is 12.7. The molecule has 136 valence electrons. The smallest absolute Gasteiger partial charge is 0.140 e. The van der Waals surface area contributed by atoms with E-state index in [0.717, 1.165) is 40.5 Å². The number of ether oxygens (including phenoxy) is 1. The van der Waals surface area contributed by atoms with Gasteiger partial charge in [0.2, 0.25) is 0 Å². The van der Waals surface area contributed by atoms with Crippen molar-refractivity contribution >= 4 is 36.8 Å². The molecule has 0 spiro atoms. The third-order valence-electron chi connectivity index (χ3n) is 4.28. The van der Waals surface area contributed by atoms with Crippen LogP contribution in [0.4, 0.5) is 5.69 Å². The van der Waals surface area contributed by atoms with Crippen LogP contribution in [0.5, 0.6) is 0 Å². The molecule has 4 nitrogen and oxygen atoms in total. The average molecular weight is 366 g/mol. The molecule has 2 N–H and O–H groups in total. The first-order chi connectivity index (χ1) is 12.4. The molecule has 0 unspecified atom stereocenters. The number of nitrogen functional groups attached to an aromatic ring is 1. The molecule has 0 saturated heterocycles. The van der Waals surface area contributed by atoms with Crippen LogP contribution >= 0.6 is 0 Å². The Kier molecular flexibility index (Phi) is 5.59. The second-order valence-corrected chi connectivity index (χ2v) is 13.3. The summed E-state index contributed by atoms with van der Waals surface area (Å²) >= 11 is 0. The van der Waals surface area contributed by atoms with Crippen molar-refractivity contribution in [3.05, 3.63) is 59.8 Å². The lowest BCUT2D eigenvalue weighted by Crippen LogP contribution is -2.22. The molecule has 1 heterocycles. The zero-order valence-electron chi connectivity index (χ0n) is 15.8. The number of hydrogen-bond acceptors (Lipinski definition) is 3. The first-order valence-electron chi connectivity index (χ1n) is 9.00.